The lowest BCUT2D eigenvalue weighted by Gasteiger charge is -2.26. The fourth-order valence-electron chi connectivity index (χ4n) is 2.69. The van der Waals surface area contributed by atoms with E-state index < -0.39 is 0 Å². The molecule has 0 saturated heterocycles. The lowest BCUT2D eigenvalue weighted by Crippen LogP contribution is -2.35. The summed E-state index contributed by atoms with van der Waals surface area (Å²) in [6, 6.07) is 10.6. The van der Waals surface area contributed by atoms with Crippen molar-refractivity contribution in [2.75, 3.05) is 21.2 Å². The highest BCUT2D eigenvalue weighted by atomic mass is 16.5. The molecule has 3 rings (SSSR count). The van der Waals surface area contributed by atoms with Gasteiger partial charge < -0.3 is 4.74 Å². The van der Waals surface area contributed by atoms with Crippen LogP contribution in [0, 0.1) is 0 Å². The largest absolute Gasteiger partial charge is 0.496 e. The van der Waals surface area contributed by atoms with Crippen LogP contribution in [-0.2, 0) is 0 Å². The maximum absolute atomic E-state index is 5.55. The third kappa shape index (κ3) is 1.33. The number of benzene rings is 2. The zero-order chi connectivity index (χ0) is 12.9. The number of hydrogen-bond acceptors (Lipinski definition) is 1. The minimum absolute atomic E-state index is 0.802. The zero-order valence-electron chi connectivity index (χ0n) is 11.3. The second-order valence-electron chi connectivity index (χ2n) is 5.30. The van der Waals surface area contributed by atoms with Crippen molar-refractivity contribution in [1.82, 2.24) is 4.48 Å². The van der Waals surface area contributed by atoms with Gasteiger partial charge in [-0.05, 0) is 5.39 Å². The average molecular weight is 240 g/mol. The molecule has 0 radical (unpaired) electrons. The van der Waals surface area contributed by atoms with Gasteiger partial charge in [0.05, 0.1) is 21.2 Å². The first-order valence-corrected chi connectivity index (χ1v) is 6.19. The van der Waals surface area contributed by atoms with Crippen LogP contribution in [0.2, 0.25) is 0 Å². The standard InChI is InChI=1S/C16H18NO/c1-11-9-14-12-7-5-6-8-13(12)16(18-4)10-15(14)17(11,2)3/h5-10H,1-4H3/q+1. The maximum Gasteiger partial charge on any atom is 0.149 e. The minimum Gasteiger partial charge on any atom is -0.496 e. The molecule has 92 valence electrons. The van der Waals surface area contributed by atoms with Gasteiger partial charge in [-0.3, -0.25) is 4.48 Å². The summed E-state index contributed by atoms with van der Waals surface area (Å²) in [5.41, 5.74) is 3.99. The van der Waals surface area contributed by atoms with Gasteiger partial charge in [0.15, 0.2) is 0 Å². The highest BCUT2D eigenvalue weighted by Gasteiger charge is 2.33. The number of ether oxygens (including phenoxy) is 1. The summed E-state index contributed by atoms with van der Waals surface area (Å²) in [4.78, 5) is 0. The van der Waals surface area contributed by atoms with Crippen LogP contribution >= 0.6 is 0 Å². The van der Waals surface area contributed by atoms with Crippen molar-refractivity contribution in [3.05, 3.63) is 41.6 Å². The van der Waals surface area contributed by atoms with Crippen LogP contribution in [0.15, 0.2) is 36.0 Å². The molecule has 2 nitrogen and oxygen atoms in total. The van der Waals surface area contributed by atoms with Crippen LogP contribution in [0.3, 0.4) is 0 Å². The number of fused-ring (bicyclic) bond motifs is 3. The molecule has 0 atom stereocenters. The van der Waals surface area contributed by atoms with Crippen LogP contribution in [0.4, 0.5) is 5.69 Å². The number of rotatable bonds is 1. The second kappa shape index (κ2) is 3.59. The maximum atomic E-state index is 5.55. The van der Waals surface area contributed by atoms with E-state index >= 15 is 0 Å². The molecule has 1 aliphatic rings. The number of quaternary nitrogens is 1. The number of allylic oxidation sites excluding steroid dienone is 1. The summed E-state index contributed by atoms with van der Waals surface area (Å²) in [6.45, 7) is 2.18. The van der Waals surface area contributed by atoms with Crippen LogP contribution in [0.25, 0.3) is 16.8 Å². The third-order valence-corrected chi connectivity index (χ3v) is 4.08. The van der Waals surface area contributed by atoms with Crippen LogP contribution in [-0.4, -0.2) is 21.2 Å². The molecule has 0 unspecified atom stereocenters. The normalized spacial score (nSPS) is 16.6. The van der Waals surface area contributed by atoms with E-state index in [9.17, 15) is 0 Å². The molecule has 0 amide bonds. The molecule has 1 heterocycles. The van der Waals surface area contributed by atoms with Crippen molar-refractivity contribution in [2.45, 2.75) is 6.92 Å². The molecule has 2 aromatic carbocycles. The first-order valence-electron chi connectivity index (χ1n) is 6.19. The molecule has 1 aliphatic heterocycles. The lowest BCUT2D eigenvalue weighted by atomic mass is 10.0. The predicted octanol–water partition coefficient (Wildman–Crippen LogP) is 3.79. The van der Waals surface area contributed by atoms with Gasteiger partial charge in [-0.2, -0.15) is 0 Å². The van der Waals surface area contributed by atoms with Gasteiger partial charge in [0.25, 0.3) is 0 Å². The van der Waals surface area contributed by atoms with Crippen molar-refractivity contribution in [2.24, 2.45) is 0 Å². The Kier molecular flexibility index (Phi) is 2.26. The van der Waals surface area contributed by atoms with Crippen LogP contribution in [0.5, 0.6) is 5.75 Å². The highest BCUT2D eigenvalue weighted by Crippen LogP contribution is 2.44. The molecule has 2 aromatic rings. The topological polar surface area (TPSA) is 9.23 Å². The summed E-state index contributed by atoms with van der Waals surface area (Å²) in [7, 11) is 6.17. The first kappa shape index (κ1) is 11.3. The third-order valence-electron chi connectivity index (χ3n) is 4.08. The van der Waals surface area contributed by atoms with Crippen molar-refractivity contribution >= 4 is 22.5 Å². The molecular weight excluding hydrogens is 222 g/mol. The fourth-order valence-corrected chi connectivity index (χ4v) is 2.69. The molecular formula is C16H18NO+. The summed E-state index contributed by atoms with van der Waals surface area (Å²) < 4.78 is 6.35. The van der Waals surface area contributed by atoms with Crippen LogP contribution < -0.4 is 9.22 Å². The Labute approximate surface area is 108 Å². The smallest absolute Gasteiger partial charge is 0.149 e. The Morgan fingerprint density at radius 1 is 1.06 bits per heavy atom. The Balaban J connectivity index is 2.45. The Morgan fingerprint density at radius 2 is 1.72 bits per heavy atom. The SMILES string of the molecule is COc1cc2c(c3ccccc13)C=C(C)[N+]2(C)C. The fraction of sp³-hybridized carbons (Fsp3) is 0.250. The van der Waals surface area contributed by atoms with E-state index in [-0.39, 0.29) is 0 Å². The van der Waals surface area contributed by atoms with Crippen molar-refractivity contribution in [3.8, 4) is 5.75 Å². The number of hydrogen-bond donors (Lipinski definition) is 0. The number of methoxy groups -OCH3 is 1. The Morgan fingerprint density at radius 3 is 2.39 bits per heavy atom. The summed E-state index contributed by atoms with van der Waals surface area (Å²) in [5.74, 6) is 0.957. The van der Waals surface area contributed by atoms with E-state index in [2.05, 4.69) is 57.4 Å². The van der Waals surface area contributed by atoms with E-state index in [1.807, 2.05) is 0 Å². The van der Waals surface area contributed by atoms with Crippen molar-refractivity contribution < 1.29 is 4.74 Å². The Bertz CT molecular complexity index is 668. The Hall–Kier alpha value is -1.80. The van der Waals surface area contributed by atoms with Gasteiger partial charge in [-0.1, -0.05) is 24.3 Å². The highest BCUT2D eigenvalue weighted by molar-refractivity contribution is 6.01. The minimum atomic E-state index is 0.802. The van der Waals surface area contributed by atoms with Gasteiger partial charge >= 0.3 is 0 Å². The van der Waals surface area contributed by atoms with Crippen LogP contribution in [0.1, 0.15) is 12.5 Å². The van der Waals surface area contributed by atoms with E-state index in [1.165, 1.54) is 27.7 Å². The van der Waals surface area contributed by atoms with Gasteiger partial charge in [0.2, 0.25) is 0 Å². The molecule has 18 heavy (non-hydrogen) atoms. The summed E-state index contributed by atoms with van der Waals surface area (Å²) in [6.07, 6.45) is 2.29. The van der Waals surface area contributed by atoms with E-state index in [1.54, 1.807) is 7.11 Å². The molecule has 0 aromatic heterocycles. The zero-order valence-corrected chi connectivity index (χ0v) is 11.3. The quantitative estimate of drug-likeness (QED) is 0.689. The summed E-state index contributed by atoms with van der Waals surface area (Å²) in [5, 5.41) is 2.46. The molecule has 0 N–H and O–H groups in total. The van der Waals surface area contributed by atoms with Crippen molar-refractivity contribution in [1.29, 1.82) is 0 Å². The lowest BCUT2D eigenvalue weighted by molar-refractivity contribution is 0.417. The average Bonchev–Trinajstić information content (AvgIpc) is 2.60. The number of nitrogens with zero attached hydrogens (tertiary/aromatic N) is 1. The van der Waals surface area contributed by atoms with Gasteiger partial charge in [-0.15, -0.1) is 0 Å². The van der Waals surface area contributed by atoms with Gasteiger partial charge in [0, 0.05) is 30.0 Å². The van der Waals surface area contributed by atoms with E-state index in [0.717, 1.165) is 10.2 Å². The molecule has 0 spiro atoms. The van der Waals surface area contributed by atoms with Gasteiger partial charge in [0.1, 0.15) is 17.1 Å². The van der Waals surface area contributed by atoms with E-state index in [0.29, 0.717) is 0 Å². The molecule has 0 fully saturated rings. The van der Waals surface area contributed by atoms with Crippen molar-refractivity contribution in [3.63, 3.8) is 0 Å². The molecule has 0 bridgehead atoms. The molecule has 0 aliphatic carbocycles. The monoisotopic (exact) mass is 240 g/mol. The van der Waals surface area contributed by atoms with E-state index in [4.69, 9.17) is 4.74 Å². The summed E-state index contributed by atoms with van der Waals surface area (Å²) >= 11 is 0. The molecule has 0 saturated carbocycles. The predicted molar refractivity (Wildman–Crippen MR) is 77.8 cm³/mol. The molecule has 2 heteroatoms. The first-order chi connectivity index (χ1) is 8.55. The second-order valence-corrected chi connectivity index (χ2v) is 5.30. The van der Waals surface area contributed by atoms with Gasteiger partial charge in [-0.25, -0.2) is 0 Å².